The lowest BCUT2D eigenvalue weighted by Gasteiger charge is -2.18. The molecule has 0 bridgehead atoms. The van der Waals surface area contributed by atoms with Crippen LogP contribution in [-0.4, -0.2) is 5.11 Å². The normalized spacial score (nSPS) is 14.2. The number of phenolic OH excluding ortho intramolecular Hbond substituents is 1. The van der Waals surface area contributed by atoms with Gasteiger partial charge in [-0.05, 0) is 23.6 Å². The van der Waals surface area contributed by atoms with Crippen molar-refractivity contribution in [2.75, 3.05) is 0 Å². The molecule has 1 rings (SSSR count). The molecule has 0 heterocycles. The molecule has 0 saturated carbocycles. The topological polar surface area (TPSA) is 46.2 Å². The number of halogens is 1. The fourth-order valence-corrected chi connectivity index (χ4v) is 1.28. The highest BCUT2D eigenvalue weighted by atomic mass is 35.5. The van der Waals surface area contributed by atoms with Gasteiger partial charge in [-0.25, -0.2) is 0 Å². The monoisotopic (exact) mass is 215 g/mol. The number of phenols is 1. The lowest BCUT2D eigenvalue weighted by molar-refractivity contribution is 0.453. The smallest absolute Gasteiger partial charge is 0.115 e. The Labute approximate surface area is 91.5 Å². The van der Waals surface area contributed by atoms with Gasteiger partial charge in [0.15, 0.2) is 0 Å². The Bertz CT molecular complexity index is 260. The number of nitrogens with two attached hydrogens (primary N) is 1. The molecule has 0 aliphatic carbocycles. The highest BCUT2D eigenvalue weighted by molar-refractivity contribution is 5.85. The van der Waals surface area contributed by atoms with E-state index >= 15 is 0 Å². The molecule has 0 aliphatic rings. The van der Waals surface area contributed by atoms with E-state index in [1.54, 1.807) is 12.1 Å². The Morgan fingerprint density at radius 3 is 2.21 bits per heavy atom. The number of hydrogen-bond donors (Lipinski definition) is 2. The van der Waals surface area contributed by atoms with Gasteiger partial charge >= 0.3 is 0 Å². The molecule has 0 aliphatic heterocycles. The molecule has 1 aromatic carbocycles. The van der Waals surface area contributed by atoms with E-state index in [2.05, 4.69) is 13.8 Å². The average molecular weight is 216 g/mol. The van der Waals surface area contributed by atoms with Crippen LogP contribution in [0, 0.1) is 5.92 Å². The summed E-state index contributed by atoms with van der Waals surface area (Å²) in [4.78, 5) is 0. The van der Waals surface area contributed by atoms with Gasteiger partial charge in [0.2, 0.25) is 0 Å². The van der Waals surface area contributed by atoms with Crippen molar-refractivity contribution in [3.63, 3.8) is 0 Å². The summed E-state index contributed by atoms with van der Waals surface area (Å²) in [5.41, 5.74) is 7.11. The summed E-state index contributed by atoms with van der Waals surface area (Å²) >= 11 is 0. The molecule has 0 radical (unpaired) electrons. The number of benzene rings is 1. The second-order valence-corrected chi connectivity index (χ2v) is 3.50. The summed E-state index contributed by atoms with van der Waals surface area (Å²) in [5.74, 6) is 0.768. The lowest BCUT2D eigenvalue weighted by atomic mass is 9.93. The molecule has 3 heteroatoms. The van der Waals surface area contributed by atoms with Crippen LogP contribution < -0.4 is 5.73 Å². The standard InChI is InChI=1S/C11H17NO.ClH/c1-3-8(2)11(12)9-4-6-10(13)7-5-9;/h4-8,11,13H,3,12H2,1-2H3;1H/t8?,11-;/m0./s1. The fraction of sp³-hybridized carbons (Fsp3) is 0.455. The summed E-state index contributed by atoms with van der Waals surface area (Å²) in [6.45, 7) is 4.27. The molecular formula is C11H18ClNO. The van der Waals surface area contributed by atoms with Crippen LogP contribution in [0.3, 0.4) is 0 Å². The lowest BCUT2D eigenvalue weighted by Crippen LogP contribution is -2.18. The van der Waals surface area contributed by atoms with Gasteiger partial charge in [-0.15, -0.1) is 12.4 Å². The first-order valence-corrected chi connectivity index (χ1v) is 4.69. The van der Waals surface area contributed by atoms with Crippen molar-refractivity contribution in [2.45, 2.75) is 26.3 Å². The molecule has 0 amide bonds. The molecule has 2 atom stereocenters. The van der Waals surface area contributed by atoms with Crippen molar-refractivity contribution in [1.82, 2.24) is 0 Å². The van der Waals surface area contributed by atoms with Gasteiger partial charge in [-0.1, -0.05) is 32.4 Å². The van der Waals surface area contributed by atoms with Gasteiger partial charge in [0.1, 0.15) is 5.75 Å². The van der Waals surface area contributed by atoms with E-state index < -0.39 is 0 Å². The van der Waals surface area contributed by atoms with Crippen LogP contribution >= 0.6 is 12.4 Å². The Balaban J connectivity index is 0.00000169. The Kier molecular flexibility index (Phi) is 5.58. The number of hydrogen-bond acceptors (Lipinski definition) is 2. The third kappa shape index (κ3) is 3.20. The third-order valence-corrected chi connectivity index (χ3v) is 2.53. The van der Waals surface area contributed by atoms with Crippen LogP contribution in [-0.2, 0) is 0 Å². The molecule has 2 nitrogen and oxygen atoms in total. The van der Waals surface area contributed by atoms with Crippen LogP contribution in [0.1, 0.15) is 31.9 Å². The maximum Gasteiger partial charge on any atom is 0.115 e. The summed E-state index contributed by atoms with van der Waals surface area (Å²) in [7, 11) is 0. The number of aromatic hydroxyl groups is 1. The first-order chi connectivity index (χ1) is 6.15. The third-order valence-electron chi connectivity index (χ3n) is 2.53. The highest BCUT2D eigenvalue weighted by Gasteiger charge is 2.12. The largest absolute Gasteiger partial charge is 0.508 e. The van der Waals surface area contributed by atoms with E-state index in [1.165, 1.54) is 0 Å². The van der Waals surface area contributed by atoms with Gasteiger partial charge in [0.05, 0.1) is 0 Å². The molecule has 0 spiro atoms. The van der Waals surface area contributed by atoms with Gasteiger partial charge in [0.25, 0.3) is 0 Å². The first-order valence-electron chi connectivity index (χ1n) is 4.69. The Morgan fingerprint density at radius 1 is 1.29 bits per heavy atom. The minimum absolute atomic E-state index is 0. The van der Waals surface area contributed by atoms with Crippen LogP contribution in [0.25, 0.3) is 0 Å². The molecule has 3 N–H and O–H groups in total. The SMILES string of the molecule is CCC(C)[C@H](N)c1ccc(O)cc1.Cl. The zero-order chi connectivity index (χ0) is 9.84. The van der Waals surface area contributed by atoms with Crippen LogP contribution in [0.15, 0.2) is 24.3 Å². The maximum absolute atomic E-state index is 9.09. The Hall–Kier alpha value is -0.730. The Morgan fingerprint density at radius 2 is 1.79 bits per heavy atom. The highest BCUT2D eigenvalue weighted by Crippen LogP contribution is 2.22. The van der Waals surface area contributed by atoms with Crippen molar-refractivity contribution in [2.24, 2.45) is 11.7 Å². The van der Waals surface area contributed by atoms with E-state index in [0.29, 0.717) is 11.7 Å². The van der Waals surface area contributed by atoms with Gasteiger partial charge in [-0.3, -0.25) is 0 Å². The minimum Gasteiger partial charge on any atom is -0.508 e. The molecule has 1 unspecified atom stereocenters. The van der Waals surface area contributed by atoms with E-state index in [4.69, 9.17) is 10.8 Å². The molecule has 1 aromatic rings. The van der Waals surface area contributed by atoms with Crippen molar-refractivity contribution in [3.05, 3.63) is 29.8 Å². The molecule has 80 valence electrons. The molecule has 0 aromatic heterocycles. The van der Waals surface area contributed by atoms with Gasteiger partial charge in [0, 0.05) is 6.04 Å². The van der Waals surface area contributed by atoms with Gasteiger partial charge < -0.3 is 10.8 Å². The quantitative estimate of drug-likeness (QED) is 0.815. The second-order valence-electron chi connectivity index (χ2n) is 3.50. The first kappa shape index (κ1) is 13.3. The van der Waals surface area contributed by atoms with Crippen LogP contribution in [0.2, 0.25) is 0 Å². The van der Waals surface area contributed by atoms with E-state index in [1.807, 2.05) is 12.1 Å². The van der Waals surface area contributed by atoms with Crippen molar-refractivity contribution in [1.29, 1.82) is 0 Å². The fourth-order valence-electron chi connectivity index (χ4n) is 1.28. The molecule has 0 saturated heterocycles. The van der Waals surface area contributed by atoms with E-state index in [-0.39, 0.29) is 18.4 Å². The second kappa shape index (κ2) is 5.89. The predicted octanol–water partition coefficient (Wildman–Crippen LogP) is 2.86. The maximum atomic E-state index is 9.09. The van der Waals surface area contributed by atoms with E-state index in [0.717, 1.165) is 12.0 Å². The summed E-state index contributed by atoms with van der Waals surface area (Å²) in [5, 5.41) is 9.09. The van der Waals surface area contributed by atoms with Crippen molar-refractivity contribution < 1.29 is 5.11 Å². The molecule has 0 fully saturated rings. The summed E-state index contributed by atoms with van der Waals surface area (Å²) in [6, 6.07) is 7.19. The molecule has 14 heavy (non-hydrogen) atoms. The summed E-state index contributed by atoms with van der Waals surface area (Å²) in [6.07, 6.45) is 1.07. The molecular weight excluding hydrogens is 198 g/mol. The van der Waals surface area contributed by atoms with Crippen molar-refractivity contribution >= 4 is 12.4 Å². The minimum atomic E-state index is 0. The predicted molar refractivity (Wildman–Crippen MR) is 61.7 cm³/mol. The van der Waals surface area contributed by atoms with Gasteiger partial charge in [-0.2, -0.15) is 0 Å². The van der Waals surface area contributed by atoms with E-state index in [9.17, 15) is 0 Å². The summed E-state index contributed by atoms with van der Waals surface area (Å²) < 4.78 is 0. The zero-order valence-electron chi connectivity index (χ0n) is 8.60. The average Bonchev–Trinajstić information content (AvgIpc) is 2.17. The van der Waals surface area contributed by atoms with Crippen LogP contribution in [0.5, 0.6) is 5.75 Å². The zero-order valence-corrected chi connectivity index (χ0v) is 9.42. The number of rotatable bonds is 3. The van der Waals surface area contributed by atoms with Crippen molar-refractivity contribution in [3.8, 4) is 5.75 Å². The van der Waals surface area contributed by atoms with Crippen LogP contribution in [0.4, 0.5) is 0 Å².